The van der Waals surface area contributed by atoms with Crippen LogP contribution in [0.2, 0.25) is 5.02 Å². The van der Waals surface area contributed by atoms with Crippen LogP contribution in [0.3, 0.4) is 0 Å². The Hall–Kier alpha value is -2.40. The van der Waals surface area contributed by atoms with Gasteiger partial charge in [-0.2, -0.15) is 0 Å². The second kappa shape index (κ2) is 9.34. The van der Waals surface area contributed by atoms with Gasteiger partial charge in [-0.05, 0) is 42.7 Å². The van der Waals surface area contributed by atoms with Gasteiger partial charge in [0, 0.05) is 22.7 Å². The van der Waals surface area contributed by atoms with Gasteiger partial charge in [0.1, 0.15) is 11.9 Å². The highest BCUT2D eigenvalue weighted by Crippen LogP contribution is 2.12. The van der Waals surface area contributed by atoms with Crippen molar-refractivity contribution in [3.63, 3.8) is 0 Å². The molecule has 0 spiro atoms. The predicted molar refractivity (Wildman–Crippen MR) is 100 cm³/mol. The molecule has 1 atom stereocenters. The largest absolute Gasteiger partial charge is 0.350 e. The number of carbonyl (C=O) groups excluding carboxylic acids is 2. The smallest absolute Gasteiger partial charge is 0.251 e. The Labute approximate surface area is 157 Å². The number of amides is 2. The highest BCUT2D eigenvalue weighted by Gasteiger charge is 2.22. The van der Waals surface area contributed by atoms with Crippen molar-refractivity contribution in [2.24, 2.45) is 5.92 Å². The molecule has 0 saturated heterocycles. The highest BCUT2D eigenvalue weighted by molar-refractivity contribution is 6.30. The Morgan fingerprint density at radius 2 is 1.73 bits per heavy atom. The first-order valence-corrected chi connectivity index (χ1v) is 8.82. The molecule has 0 heterocycles. The molecule has 0 aliphatic heterocycles. The van der Waals surface area contributed by atoms with Gasteiger partial charge in [-0.3, -0.25) is 9.59 Å². The molecule has 6 heteroatoms. The van der Waals surface area contributed by atoms with Gasteiger partial charge in [0.25, 0.3) is 5.91 Å². The number of benzene rings is 2. The molecule has 0 fully saturated rings. The Bertz CT molecular complexity index is 763. The Morgan fingerprint density at radius 1 is 1.08 bits per heavy atom. The molecule has 0 saturated carbocycles. The minimum absolute atomic E-state index is 0.0664. The topological polar surface area (TPSA) is 58.2 Å². The number of carbonyl (C=O) groups is 2. The highest BCUT2D eigenvalue weighted by atomic mass is 35.5. The summed E-state index contributed by atoms with van der Waals surface area (Å²) in [6, 6.07) is 12.0. The van der Waals surface area contributed by atoms with Crippen molar-refractivity contribution in [1.82, 2.24) is 10.6 Å². The third-order valence-corrected chi connectivity index (χ3v) is 4.10. The van der Waals surface area contributed by atoms with Crippen molar-refractivity contribution in [2.45, 2.75) is 32.9 Å². The second-order valence-electron chi connectivity index (χ2n) is 6.47. The molecule has 0 radical (unpaired) electrons. The van der Waals surface area contributed by atoms with Crippen molar-refractivity contribution in [1.29, 1.82) is 0 Å². The summed E-state index contributed by atoms with van der Waals surface area (Å²) in [4.78, 5) is 24.9. The lowest BCUT2D eigenvalue weighted by Crippen LogP contribution is -2.47. The molecule has 0 aliphatic rings. The molecule has 2 N–H and O–H groups in total. The molecule has 0 aromatic heterocycles. The monoisotopic (exact) mass is 376 g/mol. The van der Waals surface area contributed by atoms with E-state index < -0.39 is 6.04 Å². The van der Waals surface area contributed by atoms with Crippen LogP contribution < -0.4 is 10.6 Å². The van der Waals surface area contributed by atoms with E-state index >= 15 is 0 Å². The third-order valence-electron chi connectivity index (χ3n) is 3.85. The van der Waals surface area contributed by atoms with E-state index in [-0.39, 0.29) is 30.1 Å². The summed E-state index contributed by atoms with van der Waals surface area (Å²) in [5.74, 6) is -0.874. The summed E-state index contributed by atoms with van der Waals surface area (Å²) in [5.41, 5.74) is 0.818. The molecular formula is C20H22ClFN2O2. The number of nitrogens with one attached hydrogen (secondary N) is 2. The summed E-state index contributed by atoms with van der Waals surface area (Å²) in [6.45, 7) is 3.99. The molecule has 0 aliphatic carbocycles. The van der Waals surface area contributed by atoms with Gasteiger partial charge in [-0.15, -0.1) is 0 Å². The number of hydrogen-bond donors (Lipinski definition) is 2. The maximum atomic E-state index is 13.7. The maximum absolute atomic E-state index is 13.7. The first-order valence-electron chi connectivity index (χ1n) is 8.44. The van der Waals surface area contributed by atoms with Crippen LogP contribution in [0.25, 0.3) is 0 Å². The van der Waals surface area contributed by atoms with E-state index in [2.05, 4.69) is 10.6 Å². The maximum Gasteiger partial charge on any atom is 0.251 e. The minimum atomic E-state index is -0.704. The fraction of sp³-hybridized carbons (Fsp3) is 0.300. The fourth-order valence-corrected chi connectivity index (χ4v) is 2.62. The molecule has 0 unspecified atom stereocenters. The Kier molecular flexibility index (Phi) is 7.16. The fourth-order valence-electron chi connectivity index (χ4n) is 2.49. The van der Waals surface area contributed by atoms with Gasteiger partial charge >= 0.3 is 0 Å². The van der Waals surface area contributed by atoms with Crippen LogP contribution in [0.1, 0.15) is 36.2 Å². The van der Waals surface area contributed by atoms with E-state index in [9.17, 15) is 14.0 Å². The van der Waals surface area contributed by atoms with E-state index in [1.807, 2.05) is 13.8 Å². The van der Waals surface area contributed by atoms with E-state index in [1.54, 1.807) is 42.5 Å². The number of halogens is 2. The molecule has 4 nitrogen and oxygen atoms in total. The summed E-state index contributed by atoms with van der Waals surface area (Å²) >= 11 is 5.83. The SMILES string of the molecule is CC(C)C[C@@H](NC(=O)c1ccc(Cl)cc1)C(=O)NCc1ccccc1F. The lowest BCUT2D eigenvalue weighted by atomic mass is 10.0. The van der Waals surface area contributed by atoms with Gasteiger partial charge in [-0.25, -0.2) is 4.39 Å². The van der Waals surface area contributed by atoms with Crippen molar-refractivity contribution < 1.29 is 14.0 Å². The molecule has 2 aromatic rings. The first-order chi connectivity index (χ1) is 12.4. The summed E-state index contributed by atoms with van der Waals surface area (Å²) < 4.78 is 13.7. The van der Waals surface area contributed by atoms with Gasteiger partial charge in [0.15, 0.2) is 0 Å². The van der Waals surface area contributed by atoms with Gasteiger partial charge in [0.2, 0.25) is 5.91 Å². The van der Waals surface area contributed by atoms with Crippen LogP contribution in [0, 0.1) is 11.7 Å². The normalized spacial score (nSPS) is 11.9. The predicted octanol–water partition coefficient (Wildman–Crippen LogP) is 3.94. The summed E-state index contributed by atoms with van der Waals surface area (Å²) in [6.07, 6.45) is 0.475. The van der Waals surface area contributed by atoms with Crippen LogP contribution >= 0.6 is 11.6 Å². The van der Waals surface area contributed by atoms with E-state index in [0.29, 0.717) is 22.6 Å². The zero-order chi connectivity index (χ0) is 19.1. The van der Waals surface area contributed by atoms with E-state index in [0.717, 1.165) is 0 Å². The van der Waals surface area contributed by atoms with Crippen LogP contribution in [0.5, 0.6) is 0 Å². The molecule has 2 amide bonds. The Balaban J connectivity index is 2.03. The molecular weight excluding hydrogens is 355 g/mol. The Morgan fingerprint density at radius 3 is 2.35 bits per heavy atom. The minimum Gasteiger partial charge on any atom is -0.350 e. The van der Waals surface area contributed by atoms with Gasteiger partial charge < -0.3 is 10.6 Å². The molecule has 2 rings (SSSR count). The average Bonchev–Trinajstić information content (AvgIpc) is 2.60. The zero-order valence-corrected chi connectivity index (χ0v) is 15.5. The molecule has 0 bridgehead atoms. The zero-order valence-electron chi connectivity index (χ0n) is 14.8. The van der Waals surface area contributed by atoms with E-state index in [4.69, 9.17) is 11.6 Å². The average molecular weight is 377 g/mol. The summed E-state index contributed by atoms with van der Waals surface area (Å²) in [7, 11) is 0. The van der Waals surface area contributed by atoms with Crippen LogP contribution in [0.15, 0.2) is 48.5 Å². The van der Waals surface area contributed by atoms with Crippen LogP contribution in [0.4, 0.5) is 4.39 Å². The van der Waals surface area contributed by atoms with E-state index in [1.165, 1.54) is 6.07 Å². The van der Waals surface area contributed by atoms with Crippen LogP contribution in [-0.4, -0.2) is 17.9 Å². The molecule has 138 valence electrons. The quantitative estimate of drug-likeness (QED) is 0.769. The lowest BCUT2D eigenvalue weighted by molar-refractivity contribution is -0.123. The molecule has 2 aromatic carbocycles. The first kappa shape index (κ1) is 19.9. The molecule has 26 heavy (non-hydrogen) atoms. The van der Waals surface area contributed by atoms with Gasteiger partial charge in [-0.1, -0.05) is 43.6 Å². The van der Waals surface area contributed by atoms with Gasteiger partial charge in [0.05, 0.1) is 0 Å². The second-order valence-corrected chi connectivity index (χ2v) is 6.91. The third kappa shape index (κ3) is 5.85. The number of hydrogen-bond acceptors (Lipinski definition) is 2. The van der Waals surface area contributed by atoms with Crippen molar-refractivity contribution in [3.05, 3.63) is 70.5 Å². The lowest BCUT2D eigenvalue weighted by Gasteiger charge is -2.20. The van der Waals surface area contributed by atoms with Crippen LogP contribution in [-0.2, 0) is 11.3 Å². The number of rotatable bonds is 7. The standard InChI is InChI=1S/C20H22ClFN2O2/c1-13(2)11-18(24-19(25)14-7-9-16(21)10-8-14)20(26)23-12-15-5-3-4-6-17(15)22/h3-10,13,18H,11-12H2,1-2H3,(H,23,26)(H,24,25)/t18-/m1/s1. The van der Waals surface area contributed by atoms with Crippen molar-refractivity contribution >= 4 is 23.4 Å². The van der Waals surface area contributed by atoms with Crippen molar-refractivity contribution in [2.75, 3.05) is 0 Å². The van der Waals surface area contributed by atoms with Crippen molar-refractivity contribution in [3.8, 4) is 0 Å². The summed E-state index contributed by atoms with van der Waals surface area (Å²) in [5, 5.41) is 5.97.